The number of halogens is 1. The van der Waals surface area contributed by atoms with Gasteiger partial charge in [0.25, 0.3) is 0 Å². The van der Waals surface area contributed by atoms with Crippen LogP contribution in [0.5, 0.6) is 0 Å². The first kappa shape index (κ1) is 18.9. The Morgan fingerprint density at radius 1 is 1.24 bits per heavy atom. The van der Waals surface area contributed by atoms with Crippen LogP contribution in [-0.2, 0) is 14.4 Å². The maximum Gasteiger partial charge on any atom is 0.329 e. The molecule has 0 spiro atoms. The molecule has 0 aliphatic carbocycles. The summed E-state index contributed by atoms with van der Waals surface area (Å²) in [7, 11) is 0. The van der Waals surface area contributed by atoms with Gasteiger partial charge in [-0.2, -0.15) is 5.10 Å². The standard InChI is InChI=1S/C17H21ClN4O3/c1-11-5-6-13(18)10-14(11)19-15(23)9-12(2)20-21-16(24)17(25)22-7-3-4-8-22/h5-6,10H,3-4,7-9H2,1-2H3,(H,19,23)(H,21,24). The molecule has 0 atom stereocenters. The van der Waals surface area contributed by atoms with E-state index in [9.17, 15) is 14.4 Å². The first-order chi connectivity index (χ1) is 11.9. The number of amides is 3. The van der Waals surface area contributed by atoms with E-state index in [-0.39, 0.29) is 12.3 Å². The van der Waals surface area contributed by atoms with E-state index in [1.54, 1.807) is 19.1 Å². The van der Waals surface area contributed by atoms with Gasteiger partial charge in [0, 0.05) is 29.5 Å². The number of hydrogen-bond donors (Lipinski definition) is 2. The number of nitrogens with one attached hydrogen (secondary N) is 2. The van der Waals surface area contributed by atoms with Crippen molar-refractivity contribution in [1.82, 2.24) is 10.3 Å². The van der Waals surface area contributed by atoms with E-state index in [1.165, 1.54) is 4.90 Å². The van der Waals surface area contributed by atoms with Gasteiger partial charge in [0.15, 0.2) is 0 Å². The van der Waals surface area contributed by atoms with Gasteiger partial charge < -0.3 is 10.2 Å². The topological polar surface area (TPSA) is 90.9 Å². The van der Waals surface area contributed by atoms with E-state index < -0.39 is 11.8 Å². The second kappa shape index (κ2) is 8.62. The zero-order chi connectivity index (χ0) is 18.4. The summed E-state index contributed by atoms with van der Waals surface area (Å²) in [5.41, 5.74) is 4.10. The highest BCUT2D eigenvalue weighted by Gasteiger charge is 2.24. The SMILES string of the molecule is CC(CC(=O)Nc1cc(Cl)ccc1C)=NNC(=O)C(=O)N1CCCC1. The van der Waals surface area contributed by atoms with Gasteiger partial charge in [0.2, 0.25) is 5.91 Å². The molecule has 0 unspecified atom stereocenters. The predicted octanol–water partition coefficient (Wildman–Crippen LogP) is 2.09. The van der Waals surface area contributed by atoms with E-state index in [0.717, 1.165) is 18.4 Å². The van der Waals surface area contributed by atoms with Crippen molar-refractivity contribution >= 4 is 40.7 Å². The van der Waals surface area contributed by atoms with Crippen LogP contribution in [-0.4, -0.2) is 41.4 Å². The highest BCUT2D eigenvalue weighted by molar-refractivity contribution is 6.35. The molecule has 0 saturated carbocycles. The Bertz CT molecular complexity index is 712. The molecule has 25 heavy (non-hydrogen) atoms. The van der Waals surface area contributed by atoms with E-state index in [4.69, 9.17) is 11.6 Å². The minimum atomic E-state index is -0.785. The molecule has 1 aromatic rings. The molecule has 1 aliphatic heterocycles. The van der Waals surface area contributed by atoms with Gasteiger partial charge in [-0.1, -0.05) is 17.7 Å². The molecule has 0 aromatic heterocycles. The van der Waals surface area contributed by atoms with Crippen LogP contribution in [0.3, 0.4) is 0 Å². The minimum absolute atomic E-state index is 0.00978. The number of benzene rings is 1. The smallest absolute Gasteiger partial charge is 0.329 e. The van der Waals surface area contributed by atoms with E-state index in [1.807, 2.05) is 13.0 Å². The first-order valence-electron chi connectivity index (χ1n) is 8.05. The average molecular weight is 365 g/mol. The second-order valence-electron chi connectivity index (χ2n) is 5.97. The van der Waals surface area contributed by atoms with Crippen LogP contribution in [0, 0.1) is 6.92 Å². The Balaban J connectivity index is 1.85. The number of hydrazone groups is 1. The van der Waals surface area contributed by atoms with Crippen molar-refractivity contribution in [2.24, 2.45) is 5.10 Å². The van der Waals surface area contributed by atoms with Crippen molar-refractivity contribution in [3.05, 3.63) is 28.8 Å². The largest absolute Gasteiger partial charge is 0.334 e. The summed E-state index contributed by atoms with van der Waals surface area (Å²) in [5, 5.41) is 7.09. The Hall–Kier alpha value is -2.41. The van der Waals surface area contributed by atoms with Gasteiger partial charge in [-0.25, -0.2) is 5.43 Å². The van der Waals surface area contributed by atoms with Crippen molar-refractivity contribution < 1.29 is 14.4 Å². The summed E-state index contributed by atoms with van der Waals surface area (Å²) in [6, 6.07) is 5.22. The molecule has 1 fully saturated rings. The van der Waals surface area contributed by atoms with Gasteiger partial charge in [0.1, 0.15) is 0 Å². The van der Waals surface area contributed by atoms with Crippen LogP contribution >= 0.6 is 11.6 Å². The van der Waals surface area contributed by atoms with E-state index in [2.05, 4.69) is 15.8 Å². The molecule has 1 aromatic carbocycles. The van der Waals surface area contributed by atoms with Crippen LogP contribution in [0.4, 0.5) is 5.69 Å². The molecule has 2 N–H and O–H groups in total. The fourth-order valence-corrected chi connectivity index (χ4v) is 2.63. The van der Waals surface area contributed by atoms with Crippen molar-refractivity contribution in [3.8, 4) is 0 Å². The summed E-state index contributed by atoms with van der Waals surface area (Å²) >= 11 is 5.92. The molecule has 0 radical (unpaired) electrons. The Morgan fingerprint density at radius 2 is 1.92 bits per heavy atom. The fourth-order valence-electron chi connectivity index (χ4n) is 2.45. The summed E-state index contributed by atoms with van der Waals surface area (Å²) in [4.78, 5) is 37.2. The number of anilines is 1. The maximum atomic E-state index is 12.1. The average Bonchev–Trinajstić information content (AvgIpc) is 3.09. The summed E-state index contributed by atoms with van der Waals surface area (Å²) < 4.78 is 0. The molecule has 7 nitrogen and oxygen atoms in total. The molecule has 8 heteroatoms. The van der Waals surface area contributed by atoms with Crippen molar-refractivity contribution in [1.29, 1.82) is 0 Å². The lowest BCUT2D eigenvalue weighted by Gasteiger charge is -2.13. The van der Waals surface area contributed by atoms with Crippen LogP contribution in [0.2, 0.25) is 5.02 Å². The van der Waals surface area contributed by atoms with Crippen LogP contribution in [0.15, 0.2) is 23.3 Å². The van der Waals surface area contributed by atoms with Gasteiger partial charge in [-0.3, -0.25) is 14.4 Å². The molecule has 0 bridgehead atoms. The van der Waals surface area contributed by atoms with Crippen LogP contribution in [0.25, 0.3) is 0 Å². The fraction of sp³-hybridized carbons (Fsp3) is 0.412. The minimum Gasteiger partial charge on any atom is -0.334 e. The molecule has 134 valence electrons. The van der Waals surface area contributed by atoms with Gasteiger partial charge in [-0.15, -0.1) is 0 Å². The molecule has 1 saturated heterocycles. The third-order valence-corrected chi connectivity index (χ3v) is 4.06. The summed E-state index contributed by atoms with van der Waals surface area (Å²) in [6.07, 6.45) is 1.80. The molecule has 1 heterocycles. The predicted molar refractivity (Wildman–Crippen MR) is 96.5 cm³/mol. The lowest BCUT2D eigenvalue weighted by atomic mass is 10.2. The van der Waals surface area contributed by atoms with Crippen molar-refractivity contribution in [3.63, 3.8) is 0 Å². The third kappa shape index (κ3) is 5.56. The number of carbonyl (C=O) groups is 3. The lowest BCUT2D eigenvalue weighted by Crippen LogP contribution is -2.40. The van der Waals surface area contributed by atoms with E-state index in [0.29, 0.717) is 29.5 Å². The monoisotopic (exact) mass is 364 g/mol. The van der Waals surface area contributed by atoms with Gasteiger partial charge >= 0.3 is 11.8 Å². The second-order valence-corrected chi connectivity index (χ2v) is 6.41. The van der Waals surface area contributed by atoms with Crippen molar-refractivity contribution in [2.45, 2.75) is 33.1 Å². The molecular formula is C17H21ClN4O3. The van der Waals surface area contributed by atoms with Crippen LogP contribution in [0.1, 0.15) is 31.7 Å². The molecule has 3 amide bonds. The number of nitrogens with zero attached hydrogens (tertiary/aromatic N) is 2. The first-order valence-corrected chi connectivity index (χ1v) is 8.43. The van der Waals surface area contributed by atoms with Crippen molar-refractivity contribution in [2.75, 3.05) is 18.4 Å². The Morgan fingerprint density at radius 3 is 2.60 bits per heavy atom. The zero-order valence-corrected chi connectivity index (χ0v) is 15.0. The van der Waals surface area contributed by atoms with Gasteiger partial charge in [0.05, 0.1) is 6.42 Å². The summed E-state index contributed by atoms with van der Waals surface area (Å²) in [5.74, 6) is -1.66. The number of rotatable bonds is 4. The van der Waals surface area contributed by atoms with Crippen LogP contribution < -0.4 is 10.7 Å². The molecule has 1 aliphatic rings. The highest BCUT2D eigenvalue weighted by Crippen LogP contribution is 2.20. The number of carbonyl (C=O) groups excluding carboxylic acids is 3. The Kier molecular flexibility index (Phi) is 6.52. The Labute approximate surface area is 151 Å². The summed E-state index contributed by atoms with van der Waals surface area (Å²) in [6.45, 7) is 4.65. The van der Waals surface area contributed by atoms with Gasteiger partial charge in [-0.05, 0) is 44.4 Å². The zero-order valence-electron chi connectivity index (χ0n) is 14.3. The lowest BCUT2D eigenvalue weighted by molar-refractivity contribution is -0.145. The number of hydrogen-bond acceptors (Lipinski definition) is 4. The quantitative estimate of drug-likeness (QED) is 0.487. The molecular weight excluding hydrogens is 344 g/mol. The third-order valence-electron chi connectivity index (χ3n) is 3.83. The number of likely N-dealkylation sites (tertiary alicyclic amines) is 1. The molecule has 2 rings (SSSR count). The maximum absolute atomic E-state index is 12.1. The number of aryl methyl sites for hydroxylation is 1. The normalized spacial score (nSPS) is 14.4. The van der Waals surface area contributed by atoms with E-state index >= 15 is 0 Å². The highest BCUT2D eigenvalue weighted by atomic mass is 35.5.